The van der Waals surface area contributed by atoms with Crippen molar-refractivity contribution in [3.05, 3.63) is 24.3 Å². The molecule has 0 aliphatic carbocycles. The van der Waals surface area contributed by atoms with Crippen molar-refractivity contribution in [1.82, 2.24) is 0 Å². The third-order valence-electron chi connectivity index (χ3n) is 2.18. The van der Waals surface area contributed by atoms with Crippen molar-refractivity contribution in [2.75, 3.05) is 17.3 Å². The molecule has 0 bridgehead atoms. The number of hydrogen-bond donors (Lipinski definition) is 1. The van der Waals surface area contributed by atoms with Crippen molar-refractivity contribution >= 4 is 33.2 Å². The second-order valence-corrected chi connectivity index (χ2v) is 9.07. The molecular formula is C13H19NO3S2. The van der Waals surface area contributed by atoms with Crippen LogP contribution < -0.4 is 5.32 Å². The van der Waals surface area contributed by atoms with Gasteiger partial charge in [0.05, 0.1) is 10.6 Å². The Balaban J connectivity index is 2.70. The Morgan fingerprint density at radius 1 is 1.32 bits per heavy atom. The van der Waals surface area contributed by atoms with Crippen LogP contribution in [0.15, 0.2) is 29.2 Å². The van der Waals surface area contributed by atoms with Crippen LogP contribution in [0.1, 0.15) is 20.8 Å². The molecule has 0 spiro atoms. The summed E-state index contributed by atoms with van der Waals surface area (Å²) >= 11 is 1.54. The van der Waals surface area contributed by atoms with E-state index in [0.29, 0.717) is 11.4 Å². The van der Waals surface area contributed by atoms with Gasteiger partial charge in [-0.25, -0.2) is 8.42 Å². The zero-order valence-electron chi connectivity index (χ0n) is 11.6. The van der Waals surface area contributed by atoms with Crippen LogP contribution in [0.2, 0.25) is 0 Å². The summed E-state index contributed by atoms with van der Waals surface area (Å²) < 4.78 is 22.8. The summed E-state index contributed by atoms with van der Waals surface area (Å²) in [7, 11) is -3.25. The van der Waals surface area contributed by atoms with E-state index in [-0.39, 0.29) is 15.5 Å². The molecular weight excluding hydrogens is 282 g/mol. The van der Waals surface area contributed by atoms with Gasteiger partial charge in [-0.2, -0.15) is 0 Å². The van der Waals surface area contributed by atoms with Gasteiger partial charge in [0.15, 0.2) is 9.84 Å². The van der Waals surface area contributed by atoms with Crippen molar-refractivity contribution in [3.8, 4) is 0 Å². The van der Waals surface area contributed by atoms with E-state index in [1.165, 1.54) is 12.1 Å². The van der Waals surface area contributed by atoms with Gasteiger partial charge in [0.2, 0.25) is 5.91 Å². The lowest BCUT2D eigenvalue weighted by Crippen LogP contribution is -2.19. The number of thioether (sulfide) groups is 1. The van der Waals surface area contributed by atoms with Crippen molar-refractivity contribution in [2.45, 2.75) is 30.4 Å². The number of benzene rings is 1. The number of nitrogens with one attached hydrogen (secondary N) is 1. The highest BCUT2D eigenvalue weighted by Gasteiger charge is 2.14. The maximum Gasteiger partial charge on any atom is 0.234 e. The fraction of sp³-hybridized carbons (Fsp3) is 0.462. The number of rotatable bonds is 4. The normalized spacial score (nSPS) is 12.2. The topological polar surface area (TPSA) is 63.2 Å². The molecule has 6 heteroatoms. The van der Waals surface area contributed by atoms with Crippen LogP contribution in [0, 0.1) is 0 Å². The molecule has 0 aliphatic rings. The highest BCUT2D eigenvalue weighted by Crippen LogP contribution is 2.23. The van der Waals surface area contributed by atoms with Gasteiger partial charge >= 0.3 is 0 Å². The molecule has 106 valence electrons. The van der Waals surface area contributed by atoms with Gasteiger partial charge in [0.25, 0.3) is 0 Å². The lowest BCUT2D eigenvalue weighted by molar-refractivity contribution is -0.113. The second-order valence-electron chi connectivity index (χ2n) is 5.25. The summed E-state index contributed by atoms with van der Waals surface area (Å²) in [5.74, 6) is 0.206. The van der Waals surface area contributed by atoms with E-state index in [1.54, 1.807) is 23.9 Å². The van der Waals surface area contributed by atoms with E-state index in [1.807, 2.05) is 20.8 Å². The first-order chi connectivity index (χ1) is 8.58. The first kappa shape index (κ1) is 16.0. The van der Waals surface area contributed by atoms with Gasteiger partial charge < -0.3 is 5.32 Å². The molecule has 1 rings (SSSR count). The van der Waals surface area contributed by atoms with Gasteiger partial charge in [-0.15, -0.1) is 11.8 Å². The number of hydrogen-bond acceptors (Lipinski definition) is 4. The van der Waals surface area contributed by atoms with Gasteiger partial charge in [-0.3, -0.25) is 4.79 Å². The first-order valence-corrected chi connectivity index (χ1v) is 8.69. The maximum absolute atomic E-state index is 11.7. The maximum atomic E-state index is 11.7. The Morgan fingerprint density at radius 3 is 2.47 bits per heavy atom. The van der Waals surface area contributed by atoms with Crippen LogP contribution in [0.25, 0.3) is 0 Å². The number of anilines is 1. The summed E-state index contributed by atoms with van der Waals surface area (Å²) in [5, 5.41) is 2.70. The van der Waals surface area contributed by atoms with E-state index in [9.17, 15) is 13.2 Å². The summed E-state index contributed by atoms with van der Waals surface area (Å²) in [6.45, 7) is 6.11. The van der Waals surface area contributed by atoms with Crippen LogP contribution in [0.3, 0.4) is 0 Å². The van der Waals surface area contributed by atoms with E-state index >= 15 is 0 Å². The SMILES string of the molecule is CC(C)(C)SCC(=O)Nc1cccc(S(C)(=O)=O)c1. The predicted octanol–water partition coefficient (Wildman–Crippen LogP) is 2.56. The van der Waals surface area contributed by atoms with E-state index in [0.717, 1.165) is 6.26 Å². The van der Waals surface area contributed by atoms with Crippen molar-refractivity contribution in [1.29, 1.82) is 0 Å². The number of carbonyl (C=O) groups is 1. The number of sulfone groups is 1. The summed E-state index contributed by atoms with van der Waals surface area (Å²) in [4.78, 5) is 11.9. The number of amides is 1. The smallest absolute Gasteiger partial charge is 0.234 e. The third-order valence-corrected chi connectivity index (χ3v) is 4.57. The molecule has 0 aliphatic heterocycles. The van der Waals surface area contributed by atoms with Crippen LogP contribution in [0.4, 0.5) is 5.69 Å². The van der Waals surface area contributed by atoms with Crippen LogP contribution in [0.5, 0.6) is 0 Å². The fourth-order valence-electron chi connectivity index (χ4n) is 1.28. The molecule has 1 N–H and O–H groups in total. The van der Waals surface area contributed by atoms with Crippen LogP contribution in [-0.2, 0) is 14.6 Å². The van der Waals surface area contributed by atoms with E-state index in [2.05, 4.69) is 5.32 Å². The molecule has 0 saturated carbocycles. The van der Waals surface area contributed by atoms with Crippen molar-refractivity contribution in [2.24, 2.45) is 0 Å². The van der Waals surface area contributed by atoms with Crippen molar-refractivity contribution in [3.63, 3.8) is 0 Å². The molecule has 1 aromatic rings. The molecule has 1 aromatic carbocycles. The minimum atomic E-state index is -3.25. The Morgan fingerprint density at radius 2 is 1.95 bits per heavy atom. The lowest BCUT2D eigenvalue weighted by atomic mass is 10.3. The molecule has 4 nitrogen and oxygen atoms in total. The molecule has 1 amide bonds. The first-order valence-electron chi connectivity index (χ1n) is 5.82. The lowest BCUT2D eigenvalue weighted by Gasteiger charge is -2.17. The highest BCUT2D eigenvalue weighted by atomic mass is 32.2. The van der Waals surface area contributed by atoms with E-state index < -0.39 is 9.84 Å². The third kappa shape index (κ3) is 6.11. The standard InChI is InChI=1S/C13H19NO3S2/c1-13(2,3)18-9-12(15)14-10-6-5-7-11(8-10)19(4,16)17/h5-8H,9H2,1-4H3,(H,14,15). The quantitative estimate of drug-likeness (QED) is 0.928. The zero-order valence-corrected chi connectivity index (χ0v) is 13.2. The molecule has 0 unspecified atom stereocenters. The second kappa shape index (κ2) is 5.96. The van der Waals surface area contributed by atoms with Gasteiger partial charge in [-0.1, -0.05) is 26.8 Å². The van der Waals surface area contributed by atoms with E-state index in [4.69, 9.17) is 0 Å². The largest absolute Gasteiger partial charge is 0.325 e. The molecule has 0 atom stereocenters. The van der Waals surface area contributed by atoms with Gasteiger partial charge in [-0.05, 0) is 18.2 Å². The van der Waals surface area contributed by atoms with Crippen LogP contribution in [-0.4, -0.2) is 31.1 Å². The van der Waals surface area contributed by atoms with Crippen LogP contribution >= 0.6 is 11.8 Å². The van der Waals surface area contributed by atoms with Gasteiger partial charge in [0.1, 0.15) is 0 Å². The molecule has 0 saturated heterocycles. The Hall–Kier alpha value is -1.01. The van der Waals surface area contributed by atoms with Crippen molar-refractivity contribution < 1.29 is 13.2 Å². The fourth-order valence-corrected chi connectivity index (χ4v) is 2.59. The Labute approximate surface area is 118 Å². The molecule has 0 heterocycles. The minimum Gasteiger partial charge on any atom is -0.325 e. The summed E-state index contributed by atoms with van der Waals surface area (Å²) in [6, 6.07) is 6.26. The molecule has 0 fully saturated rings. The van der Waals surface area contributed by atoms with Gasteiger partial charge in [0, 0.05) is 16.7 Å². The monoisotopic (exact) mass is 301 g/mol. The Bertz CT molecular complexity index is 559. The minimum absolute atomic E-state index is 0.0198. The highest BCUT2D eigenvalue weighted by molar-refractivity contribution is 8.01. The zero-order chi connectivity index (χ0) is 14.7. The Kier molecular flexibility index (Phi) is 5.04. The summed E-state index contributed by atoms with van der Waals surface area (Å²) in [6.07, 6.45) is 1.14. The molecule has 0 aromatic heterocycles. The average Bonchev–Trinajstić information content (AvgIpc) is 2.25. The predicted molar refractivity (Wildman–Crippen MR) is 80.4 cm³/mol. The summed E-state index contributed by atoms with van der Waals surface area (Å²) in [5.41, 5.74) is 0.502. The number of carbonyl (C=O) groups excluding carboxylic acids is 1. The molecule has 19 heavy (non-hydrogen) atoms. The average molecular weight is 301 g/mol. The molecule has 0 radical (unpaired) electrons.